The Morgan fingerprint density at radius 1 is 0.893 bits per heavy atom. The molecule has 3 aromatic rings. The van der Waals surface area contributed by atoms with Gasteiger partial charge in [-0.05, 0) is 65.1 Å². The molecule has 0 aromatic heterocycles. The third kappa shape index (κ3) is 5.53. The lowest BCUT2D eigenvalue weighted by Gasteiger charge is -2.10. The summed E-state index contributed by atoms with van der Waals surface area (Å²) in [7, 11) is 0. The highest BCUT2D eigenvalue weighted by Gasteiger charge is 2.11. The van der Waals surface area contributed by atoms with Crippen LogP contribution in [0.3, 0.4) is 0 Å². The quantitative estimate of drug-likeness (QED) is 0.493. The summed E-state index contributed by atoms with van der Waals surface area (Å²) < 4.78 is 19.2. The molecule has 0 heterocycles. The first-order chi connectivity index (χ1) is 13.5. The zero-order chi connectivity index (χ0) is 19.9. The minimum atomic E-state index is -0.398. The molecule has 0 aliphatic heterocycles. The molecule has 7 heteroatoms. The fraction of sp³-hybridized carbons (Fsp3) is 0.0476. The number of rotatable bonds is 6. The second-order valence-corrected chi connectivity index (χ2v) is 6.97. The van der Waals surface area contributed by atoms with Gasteiger partial charge in [0.05, 0.1) is 5.56 Å². The highest BCUT2D eigenvalue weighted by atomic mass is 127. The number of hydrogen-bond acceptors (Lipinski definition) is 3. The van der Waals surface area contributed by atoms with Gasteiger partial charge in [0.2, 0.25) is 0 Å². The monoisotopic (exact) mass is 490 g/mol. The van der Waals surface area contributed by atoms with Gasteiger partial charge in [-0.2, -0.15) is 0 Å². The highest BCUT2D eigenvalue weighted by Crippen LogP contribution is 2.20. The zero-order valence-corrected chi connectivity index (χ0v) is 16.8. The first kappa shape index (κ1) is 19.8. The molecule has 0 radical (unpaired) electrons. The lowest BCUT2D eigenvalue weighted by atomic mass is 10.2. The summed E-state index contributed by atoms with van der Waals surface area (Å²) >= 11 is 1.91. The summed E-state index contributed by atoms with van der Waals surface area (Å²) in [5.41, 5.74) is 1.56. The van der Waals surface area contributed by atoms with E-state index in [0.29, 0.717) is 26.3 Å². The van der Waals surface area contributed by atoms with Crippen molar-refractivity contribution in [2.24, 2.45) is 0 Å². The third-order valence-corrected chi connectivity index (χ3v) is 4.59. The summed E-state index contributed by atoms with van der Waals surface area (Å²) in [5.74, 6) is -0.607. The molecule has 3 aromatic carbocycles. The van der Waals surface area contributed by atoms with E-state index >= 15 is 0 Å². The number of carbonyl (C=O) groups excluding carboxylic acids is 2. The minimum Gasteiger partial charge on any atom is -0.484 e. The lowest BCUT2D eigenvalue weighted by molar-refractivity contribution is -0.118. The maximum absolute atomic E-state index is 13.2. The Morgan fingerprint density at radius 2 is 1.64 bits per heavy atom. The van der Waals surface area contributed by atoms with Crippen molar-refractivity contribution in [1.82, 2.24) is 0 Å². The zero-order valence-electron chi connectivity index (χ0n) is 14.6. The first-order valence-electron chi connectivity index (χ1n) is 8.35. The smallest absolute Gasteiger partial charge is 0.262 e. The number of carbonyl (C=O) groups is 2. The molecule has 0 fully saturated rings. The van der Waals surface area contributed by atoms with Crippen molar-refractivity contribution in [3.05, 3.63) is 87.7 Å². The summed E-state index contributed by atoms with van der Waals surface area (Å²) in [6.07, 6.45) is 0. The number of nitrogens with one attached hydrogen (secondary N) is 2. The van der Waals surface area contributed by atoms with Gasteiger partial charge in [0.25, 0.3) is 11.8 Å². The molecule has 5 nitrogen and oxygen atoms in total. The number of amides is 2. The topological polar surface area (TPSA) is 67.4 Å². The molecule has 0 unspecified atom stereocenters. The van der Waals surface area contributed by atoms with Gasteiger partial charge in [-0.1, -0.05) is 24.3 Å². The molecule has 142 valence electrons. The molecular formula is C21H16FIN2O3. The minimum absolute atomic E-state index is 0.165. The van der Waals surface area contributed by atoms with Crippen LogP contribution in [0.1, 0.15) is 10.4 Å². The molecule has 2 N–H and O–H groups in total. The predicted molar refractivity (Wildman–Crippen MR) is 114 cm³/mol. The van der Waals surface area contributed by atoms with Gasteiger partial charge in [-0.15, -0.1) is 0 Å². The fourth-order valence-corrected chi connectivity index (χ4v) is 3.13. The second-order valence-electron chi connectivity index (χ2n) is 5.81. The Balaban J connectivity index is 1.59. The van der Waals surface area contributed by atoms with Gasteiger partial charge < -0.3 is 15.4 Å². The van der Waals surface area contributed by atoms with Gasteiger partial charge in [0.15, 0.2) is 6.61 Å². The SMILES string of the molecule is O=C(COc1cccc(NC(=O)c2ccc(F)cc2I)c1)Nc1ccccc1. The van der Waals surface area contributed by atoms with Crippen LogP contribution < -0.4 is 15.4 Å². The Morgan fingerprint density at radius 3 is 2.39 bits per heavy atom. The maximum atomic E-state index is 13.2. The van der Waals surface area contributed by atoms with Gasteiger partial charge in [0, 0.05) is 21.0 Å². The van der Waals surface area contributed by atoms with Crippen LogP contribution in [-0.2, 0) is 4.79 Å². The van der Waals surface area contributed by atoms with Crippen molar-refractivity contribution in [1.29, 1.82) is 0 Å². The van der Waals surface area contributed by atoms with E-state index in [0.717, 1.165) is 0 Å². The van der Waals surface area contributed by atoms with Crippen LogP contribution in [-0.4, -0.2) is 18.4 Å². The van der Waals surface area contributed by atoms with Gasteiger partial charge in [-0.3, -0.25) is 9.59 Å². The number of ether oxygens (including phenoxy) is 1. The summed E-state index contributed by atoms with van der Waals surface area (Å²) in [5, 5.41) is 5.47. The highest BCUT2D eigenvalue weighted by molar-refractivity contribution is 14.1. The van der Waals surface area contributed by atoms with E-state index in [2.05, 4.69) is 10.6 Å². The second kappa shape index (κ2) is 9.32. The van der Waals surface area contributed by atoms with E-state index in [1.54, 1.807) is 36.4 Å². The molecule has 28 heavy (non-hydrogen) atoms. The van der Waals surface area contributed by atoms with Crippen molar-refractivity contribution in [3.8, 4) is 5.75 Å². The maximum Gasteiger partial charge on any atom is 0.262 e. The number of anilines is 2. The Labute approximate surface area is 175 Å². The number of halogens is 2. The first-order valence-corrected chi connectivity index (χ1v) is 9.43. The molecule has 0 spiro atoms. The Hall–Kier alpha value is -2.94. The van der Waals surface area contributed by atoms with E-state index < -0.39 is 5.82 Å². The predicted octanol–water partition coefficient (Wildman–Crippen LogP) is 4.70. The van der Waals surface area contributed by atoms with E-state index in [4.69, 9.17) is 4.74 Å². The van der Waals surface area contributed by atoms with Gasteiger partial charge in [-0.25, -0.2) is 4.39 Å². The van der Waals surface area contributed by atoms with Crippen molar-refractivity contribution in [3.63, 3.8) is 0 Å². The average Bonchev–Trinajstić information content (AvgIpc) is 2.67. The summed E-state index contributed by atoms with van der Waals surface area (Å²) in [4.78, 5) is 24.3. The van der Waals surface area contributed by atoms with Crippen molar-refractivity contribution < 1.29 is 18.7 Å². The van der Waals surface area contributed by atoms with Crippen LogP contribution in [0.2, 0.25) is 0 Å². The number of benzene rings is 3. The molecule has 2 amide bonds. The average molecular weight is 490 g/mol. The van der Waals surface area contributed by atoms with Crippen LogP contribution in [0.5, 0.6) is 5.75 Å². The normalized spacial score (nSPS) is 10.2. The van der Waals surface area contributed by atoms with Crippen LogP contribution in [0.25, 0.3) is 0 Å². The summed E-state index contributed by atoms with van der Waals surface area (Å²) in [6, 6.07) is 19.7. The van der Waals surface area contributed by atoms with E-state index in [1.807, 2.05) is 40.8 Å². The van der Waals surface area contributed by atoms with Crippen molar-refractivity contribution >= 4 is 45.8 Å². The largest absolute Gasteiger partial charge is 0.484 e. The van der Waals surface area contributed by atoms with Gasteiger partial charge >= 0.3 is 0 Å². The Bertz CT molecular complexity index is 996. The lowest BCUT2D eigenvalue weighted by Crippen LogP contribution is -2.20. The molecule has 0 saturated carbocycles. The standard InChI is InChI=1S/C21H16FIN2O3/c22-14-9-10-18(19(23)11-14)21(27)25-16-7-4-8-17(12-16)28-13-20(26)24-15-5-2-1-3-6-15/h1-12H,13H2,(H,24,26)(H,25,27). The van der Waals surface area contributed by atoms with E-state index in [1.165, 1.54) is 18.2 Å². The van der Waals surface area contributed by atoms with Crippen molar-refractivity contribution in [2.75, 3.05) is 17.2 Å². The molecule has 0 aliphatic rings. The van der Waals surface area contributed by atoms with Crippen LogP contribution in [0.15, 0.2) is 72.8 Å². The van der Waals surface area contributed by atoms with Crippen LogP contribution >= 0.6 is 22.6 Å². The molecular weight excluding hydrogens is 474 g/mol. The molecule has 0 bridgehead atoms. The van der Waals surface area contributed by atoms with Crippen LogP contribution in [0.4, 0.5) is 15.8 Å². The Kier molecular flexibility index (Phi) is 6.59. The van der Waals surface area contributed by atoms with Crippen LogP contribution in [0, 0.1) is 9.39 Å². The molecule has 3 rings (SSSR count). The van der Waals surface area contributed by atoms with Gasteiger partial charge in [0.1, 0.15) is 11.6 Å². The number of hydrogen-bond donors (Lipinski definition) is 2. The van der Waals surface area contributed by atoms with E-state index in [-0.39, 0.29) is 18.4 Å². The molecule has 0 atom stereocenters. The molecule has 0 saturated heterocycles. The van der Waals surface area contributed by atoms with Crippen molar-refractivity contribution in [2.45, 2.75) is 0 Å². The number of para-hydroxylation sites is 1. The molecule has 0 aliphatic carbocycles. The fourth-order valence-electron chi connectivity index (χ4n) is 2.40. The third-order valence-electron chi connectivity index (χ3n) is 3.70. The summed E-state index contributed by atoms with van der Waals surface area (Å²) in [6.45, 7) is -0.165. The van der Waals surface area contributed by atoms with E-state index in [9.17, 15) is 14.0 Å².